The average molecular weight is 393 g/mol. The Hall–Kier alpha value is -3.90. The molecule has 0 aliphatic heterocycles. The van der Waals surface area contributed by atoms with E-state index in [4.69, 9.17) is 4.74 Å². The predicted octanol–water partition coefficient (Wildman–Crippen LogP) is 6.93. The quantitative estimate of drug-likeness (QED) is 0.272. The molecule has 0 unspecified atom stereocenters. The maximum absolute atomic E-state index is 13.7. The number of rotatable bonds is 5. The second-order valence-corrected chi connectivity index (χ2v) is 7.15. The lowest BCUT2D eigenvalue weighted by Crippen LogP contribution is -1.98. The summed E-state index contributed by atoms with van der Waals surface area (Å²) in [7, 11) is 0. The molecular weight excluding hydrogens is 373 g/mol. The third kappa shape index (κ3) is 4.24. The van der Waals surface area contributed by atoms with E-state index in [-0.39, 0.29) is 5.82 Å². The number of halogens is 1. The molecule has 0 aromatic heterocycles. The van der Waals surface area contributed by atoms with Crippen molar-refractivity contribution in [3.63, 3.8) is 0 Å². The first kappa shape index (κ1) is 19.4. The highest BCUT2D eigenvalue weighted by Gasteiger charge is 2.11. The molecule has 4 aromatic rings. The number of fused-ring (bicyclic) bond motifs is 1. The van der Waals surface area contributed by atoms with E-state index in [1.165, 1.54) is 17.7 Å². The van der Waals surface area contributed by atoms with Gasteiger partial charge < -0.3 is 4.74 Å². The Kier molecular flexibility index (Phi) is 5.59. The Morgan fingerprint density at radius 3 is 2.53 bits per heavy atom. The SMILES string of the molecule is Cc1ccc(COc2ccc3ccccc3c2/C=C(/C#N)c2cccc(F)c2)cc1. The molecule has 0 N–H and O–H groups in total. The number of nitriles is 1. The van der Waals surface area contributed by atoms with Crippen LogP contribution in [-0.2, 0) is 6.61 Å². The molecule has 0 fully saturated rings. The van der Waals surface area contributed by atoms with Crippen LogP contribution in [0.3, 0.4) is 0 Å². The number of ether oxygens (including phenoxy) is 1. The fraction of sp³-hybridized carbons (Fsp3) is 0.0741. The standard InChI is InChI=1S/C27H20FNO/c1-19-9-11-20(12-10-19)18-30-27-14-13-21-5-2-3-8-25(21)26(27)16-23(17-29)22-6-4-7-24(28)15-22/h2-16H,18H2,1H3/b23-16-. The van der Waals surface area contributed by atoms with Crippen molar-refractivity contribution in [2.75, 3.05) is 0 Å². The lowest BCUT2D eigenvalue weighted by molar-refractivity contribution is 0.306. The minimum atomic E-state index is -0.373. The molecule has 0 heterocycles. The molecule has 146 valence electrons. The molecule has 2 nitrogen and oxygen atoms in total. The molecule has 0 aliphatic carbocycles. The molecule has 0 amide bonds. The van der Waals surface area contributed by atoms with Gasteiger partial charge in [-0.05, 0) is 53.1 Å². The Balaban J connectivity index is 1.78. The van der Waals surface area contributed by atoms with Gasteiger partial charge in [-0.1, -0.05) is 72.3 Å². The summed E-state index contributed by atoms with van der Waals surface area (Å²) in [5.74, 6) is 0.306. The van der Waals surface area contributed by atoms with E-state index in [0.29, 0.717) is 23.5 Å². The van der Waals surface area contributed by atoms with Crippen molar-refractivity contribution in [1.29, 1.82) is 5.26 Å². The van der Waals surface area contributed by atoms with Crippen molar-refractivity contribution >= 4 is 22.4 Å². The first-order valence-electron chi connectivity index (χ1n) is 9.72. The smallest absolute Gasteiger partial charge is 0.127 e. The second kappa shape index (κ2) is 8.63. The summed E-state index contributed by atoms with van der Waals surface area (Å²) in [6.07, 6.45) is 1.78. The lowest BCUT2D eigenvalue weighted by Gasteiger charge is -2.13. The van der Waals surface area contributed by atoms with E-state index in [9.17, 15) is 9.65 Å². The maximum atomic E-state index is 13.7. The van der Waals surface area contributed by atoms with E-state index in [2.05, 4.69) is 18.2 Å². The number of nitrogens with zero attached hydrogens (tertiary/aromatic N) is 1. The molecular formula is C27H20FNO. The van der Waals surface area contributed by atoms with E-state index < -0.39 is 0 Å². The summed E-state index contributed by atoms with van der Waals surface area (Å²) in [5.41, 5.74) is 3.98. The molecule has 0 aliphatic rings. The van der Waals surface area contributed by atoms with Gasteiger partial charge in [0, 0.05) is 5.56 Å². The van der Waals surface area contributed by atoms with Crippen LogP contribution in [0.15, 0.2) is 84.9 Å². The van der Waals surface area contributed by atoms with Gasteiger partial charge in [0.2, 0.25) is 0 Å². The van der Waals surface area contributed by atoms with Crippen LogP contribution in [0, 0.1) is 24.1 Å². The van der Waals surface area contributed by atoms with E-state index in [1.54, 1.807) is 18.2 Å². The molecule has 4 rings (SSSR count). The Morgan fingerprint density at radius 1 is 0.967 bits per heavy atom. The molecule has 30 heavy (non-hydrogen) atoms. The highest BCUT2D eigenvalue weighted by Crippen LogP contribution is 2.32. The summed E-state index contributed by atoms with van der Waals surface area (Å²) in [5, 5.41) is 11.8. The van der Waals surface area contributed by atoms with Crippen LogP contribution in [0.2, 0.25) is 0 Å². The Morgan fingerprint density at radius 2 is 1.77 bits per heavy atom. The molecule has 0 saturated heterocycles. The zero-order chi connectivity index (χ0) is 20.9. The monoisotopic (exact) mass is 393 g/mol. The number of aryl methyl sites for hydroxylation is 1. The van der Waals surface area contributed by atoms with Crippen LogP contribution in [0.4, 0.5) is 4.39 Å². The fourth-order valence-corrected chi connectivity index (χ4v) is 3.38. The number of hydrogen-bond acceptors (Lipinski definition) is 2. The van der Waals surface area contributed by atoms with Gasteiger partial charge in [0.1, 0.15) is 18.2 Å². The molecule has 0 saturated carbocycles. The molecule has 3 heteroatoms. The first-order chi connectivity index (χ1) is 14.6. The summed E-state index contributed by atoms with van der Waals surface area (Å²) in [4.78, 5) is 0. The highest BCUT2D eigenvalue weighted by atomic mass is 19.1. The molecule has 0 radical (unpaired) electrons. The average Bonchev–Trinajstić information content (AvgIpc) is 2.77. The van der Waals surface area contributed by atoms with Crippen molar-refractivity contribution < 1.29 is 9.13 Å². The Bertz CT molecular complexity index is 1270. The van der Waals surface area contributed by atoms with Crippen LogP contribution >= 0.6 is 0 Å². The van der Waals surface area contributed by atoms with Gasteiger partial charge in [-0.15, -0.1) is 0 Å². The third-order valence-corrected chi connectivity index (χ3v) is 4.99. The van der Waals surface area contributed by atoms with Crippen molar-refractivity contribution in [3.05, 3.63) is 113 Å². The maximum Gasteiger partial charge on any atom is 0.127 e. The zero-order valence-corrected chi connectivity index (χ0v) is 16.6. The van der Waals surface area contributed by atoms with E-state index >= 15 is 0 Å². The number of hydrogen-bond donors (Lipinski definition) is 0. The van der Waals surface area contributed by atoms with Gasteiger partial charge in [0.05, 0.1) is 11.6 Å². The van der Waals surface area contributed by atoms with Gasteiger partial charge in [0.25, 0.3) is 0 Å². The van der Waals surface area contributed by atoms with Crippen molar-refractivity contribution in [2.24, 2.45) is 0 Å². The van der Waals surface area contributed by atoms with E-state index in [0.717, 1.165) is 21.9 Å². The predicted molar refractivity (Wildman–Crippen MR) is 119 cm³/mol. The number of allylic oxidation sites excluding steroid dienone is 1. The summed E-state index contributed by atoms with van der Waals surface area (Å²) >= 11 is 0. The topological polar surface area (TPSA) is 33.0 Å². The van der Waals surface area contributed by atoms with E-state index in [1.807, 2.05) is 55.5 Å². The largest absolute Gasteiger partial charge is 0.488 e. The van der Waals surface area contributed by atoms with Crippen molar-refractivity contribution in [2.45, 2.75) is 13.5 Å². The minimum absolute atomic E-state index is 0.373. The van der Waals surface area contributed by atoms with Gasteiger partial charge in [0.15, 0.2) is 0 Å². The van der Waals surface area contributed by atoms with Crippen LogP contribution in [0.1, 0.15) is 22.3 Å². The lowest BCUT2D eigenvalue weighted by atomic mass is 9.98. The Labute approximate surface area is 175 Å². The molecule has 0 atom stereocenters. The van der Waals surface area contributed by atoms with Gasteiger partial charge in [-0.25, -0.2) is 4.39 Å². The van der Waals surface area contributed by atoms with Crippen LogP contribution in [0.25, 0.3) is 22.4 Å². The molecule has 0 bridgehead atoms. The third-order valence-electron chi connectivity index (χ3n) is 4.99. The zero-order valence-electron chi connectivity index (χ0n) is 16.6. The normalized spacial score (nSPS) is 11.3. The van der Waals surface area contributed by atoms with Crippen LogP contribution < -0.4 is 4.74 Å². The van der Waals surface area contributed by atoms with Crippen LogP contribution in [-0.4, -0.2) is 0 Å². The molecule has 0 spiro atoms. The summed E-state index contributed by atoms with van der Waals surface area (Å²) in [6, 6.07) is 28.3. The van der Waals surface area contributed by atoms with Crippen molar-refractivity contribution in [1.82, 2.24) is 0 Å². The van der Waals surface area contributed by atoms with Crippen molar-refractivity contribution in [3.8, 4) is 11.8 Å². The summed E-state index contributed by atoms with van der Waals surface area (Å²) in [6.45, 7) is 2.47. The fourth-order valence-electron chi connectivity index (χ4n) is 3.38. The second-order valence-electron chi connectivity index (χ2n) is 7.15. The van der Waals surface area contributed by atoms with Gasteiger partial charge >= 0.3 is 0 Å². The van der Waals surface area contributed by atoms with Crippen LogP contribution in [0.5, 0.6) is 5.75 Å². The summed E-state index contributed by atoms with van der Waals surface area (Å²) < 4.78 is 19.9. The number of benzene rings is 4. The van der Waals surface area contributed by atoms with Gasteiger partial charge in [-0.2, -0.15) is 5.26 Å². The minimum Gasteiger partial charge on any atom is -0.488 e. The first-order valence-corrected chi connectivity index (χ1v) is 9.72. The van der Waals surface area contributed by atoms with Gasteiger partial charge in [-0.3, -0.25) is 0 Å². The molecule has 4 aromatic carbocycles. The highest BCUT2D eigenvalue weighted by molar-refractivity contribution is 6.00.